The summed E-state index contributed by atoms with van der Waals surface area (Å²) in [6, 6.07) is 10.4. The lowest BCUT2D eigenvalue weighted by Crippen LogP contribution is -2.69. The molecule has 38 heavy (non-hydrogen) atoms. The number of benzene rings is 1. The largest absolute Gasteiger partial charge is 0.390 e. The van der Waals surface area contributed by atoms with E-state index in [1.54, 1.807) is 13.8 Å². The van der Waals surface area contributed by atoms with Crippen LogP contribution in [-0.2, 0) is 16.0 Å². The van der Waals surface area contributed by atoms with E-state index in [1.807, 2.05) is 18.2 Å². The van der Waals surface area contributed by atoms with Crippen molar-refractivity contribution < 1.29 is 23.5 Å². The summed E-state index contributed by atoms with van der Waals surface area (Å²) in [5.41, 5.74) is -3.32. The van der Waals surface area contributed by atoms with E-state index in [4.69, 9.17) is 0 Å². The number of hydrogen-bond acceptors (Lipinski definition) is 4. The van der Waals surface area contributed by atoms with Crippen LogP contribution in [0.3, 0.4) is 0 Å². The third kappa shape index (κ3) is 3.25. The highest BCUT2D eigenvalue weighted by molar-refractivity contribution is 6.01. The lowest BCUT2D eigenvalue weighted by Gasteiger charge is -2.63. The summed E-state index contributed by atoms with van der Waals surface area (Å²) in [6.45, 7) is 7.64. The Morgan fingerprint density at radius 3 is 2.61 bits per heavy atom. The first-order chi connectivity index (χ1) is 18.0. The fourth-order valence-corrected chi connectivity index (χ4v) is 9.87. The quantitative estimate of drug-likeness (QED) is 0.587. The van der Waals surface area contributed by atoms with Crippen LogP contribution in [-0.4, -0.2) is 59.2 Å². The number of halogens is 2. The number of rotatable bonds is 5. The van der Waals surface area contributed by atoms with Crippen LogP contribution in [0, 0.1) is 34.0 Å². The number of allylic oxidation sites excluding steroid dienone is 4. The number of fused-ring (bicyclic) bond motifs is 7. The first-order valence-corrected chi connectivity index (χ1v) is 14.2. The molecule has 0 spiro atoms. The Morgan fingerprint density at radius 1 is 1.16 bits per heavy atom. The van der Waals surface area contributed by atoms with Crippen molar-refractivity contribution >= 4 is 11.6 Å². The lowest BCUT2D eigenvalue weighted by molar-refractivity contribution is -0.211. The summed E-state index contributed by atoms with van der Waals surface area (Å²) in [5, 5.41) is 11.6. The van der Waals surface area contributed by atoms with Crippen molar-refractivity contribution in [3.05, 3.63) is 59.7 Å². The fourth-order valence-electron chi connectivity index (χ4n) is 9.87. The van der Waals surface area contributed by atoms with E-state index in [1.165, 1.54) is 23.8 Å². The second-order valence-electron chi connectivity index (χ2n) is 13.1. The highest BCUT2D eigenvalue weighted by atomic mass is 19.1. The van der Waals surface area contributed by atoms with Gasteiger partial charge >= 0.3 is 0 Å². The molecule has 4 nitrogen and oxygen atoms in total. The van der Waals surface area contributed by atoms with Crippen LogP contribution < -0.4 is 0 Å². The average Bonchev–Trinajstić information content (AvgIpc) is 3.36. The molecule has 1 saturated heterocycles. The summed E-state index contributed by atoms with van der Waals surface area (Å²) in [6.07, 6.45) is 3.98. The van der Waals surface area contributed by atoms with Gasteiger partial charge in [0.25, 0.3) is 0 Å². The number of hydrogen-bond donors (Lipinski definition) is 1. The molecule has 4 fully saturated rings. The van der Waals surface area contributed by atoms with Crippen LogP contribution in [0.5, 0.6) is 0 Å². The van der Waals surface area contributed by atoms with Crippen molar-refractivity contribution in [1.82, 2.24) is 4.90 Å². The number of nitrogens with zero attached hydrogens (tertiary/aromatic N) is 1. The molecule has 6 rings (SSSR count). The Morgan fingerprint density at radius 2 is 1.89 bits per heavy atom. The van der Waals surface area contributed by atoms with Gasteiger partial charge in [-0.1, -0.05) is 43.3 Å². The van der Waals surface area contributed by atoms with E-state index >= 15 is 8.78 Å². The average molecular weight is 524 g/mol. The molecule has 0 amide bonds. The van der Waals surface area contributed by atoms with Gasteiger partial charge in [-0.05, 0) is 93.0 Å². The molecule has 1 heterocycles. The number of likely N-dealkylation sites (tertiary alicyclic amines) is 1. The van der Waals surface area contributed by atoms with Gasteiger partial charge in [-0.3, -0.25) is 9.59 Å². The molecule has 5 aliphatic rings. The predicted molar refractivity (Wildman–Crippen MR) is 142 cm³/mol. The number of ketones is 2. The minimum Gasteiger partial charge on any atom is -0.390 e. The molecule has 9 atom stereocenters. The second-order valence-corrected chi connectivity index (χ2v) is 13.1. The molecule has 1 aromatic rings. The summed E-state index contributed by atoms with van der Waals surface area (Å²) in [7, 11) is 0. The molecule has 1 N–H and O–H groups in total. The first-order valence-electron chi connectivity index (χ1n) is 14.2. The zero-order valence-electron chi connectivity index (χ0n) is 22.6. The Balaban J connectivity index is 1.30. The molecule has 1 aromatic carbocycles. The standard InChI is InChI=1S/C32H39F2NO3/c1-20(36)31-19-35(13-7-10-21-8-5-4-6-9-21)18-22(31)14-24-25-16-27(33)26-15-23(37)11-12-29(26,2)32(25,34)28(38)17-30(24,31)3/h4-6,8-9,11-12,15,22,24-25,27-28,38H,7,10,13-14,16-19H2,1-3H3. The van der Waals surface area contributed by atoms with Gasteiger partial charge in [-0.2, -0.15) is 0 Å². The Kier molecular flexibility index (Phi) is 5.94. The van der Waals surface area contributed by atoms with Gasteiger partial charge in [0.05, 0.1) is 11.5 Å². The molecule has 0 radical (unpaired) electrons. The second kappa shape index (κ2) is 8.66. The normalized spacial score (nSPS) is 45.7. The van der Waals surface area contributed by atoms with E-state index < -0.39 is 40.1 Å². The van der Waals surface area contributed by atoms with E-state index in [9.17, 15) is 14.7 Å². The van der Waals surface area contributed by atoms with Crippen LogP contribution in [0.1, 0.15) is 52.0 Å². The zero-order valence-corrected chi connectivity index (χ0v) is 22.6. The van der Waals surface area contributed by atoms with E-state index in [0.717, 1.165) is 25.9 Å². The SMILES string of the molecule is CC(=O)C12CN(CCCc3ccccc3)CC1CC1C3CC(F)C4=CC(=O)C=CC4(C)C3(F)C(O)CC12C. The van der Waals surface area contributed by atoms with Crippen molar-refractivity contribution in [3.63, 3.8) is 0 Å². The summed E-state index contributed by atoms with van der Waals surface area (Å²) >= 11 is 0. The number of aliphatic hydroxyl groups is 1. The molecular weight excluding hydrogens is 484 g/mol. The number of aliphatic hydroxyl groups excluding tert-OH is 1. The lowest BCUT2D eigenvalue weighted by atomic mass is 9.43. The van der Waals surface area contributed by atoms with Crippen molar-refractivity contribution in [2.45, 2.75) is 70.8 Å². The molecule has 4 aliphatic carbocycles. The number of alkyl halides is 2. The minimum absolute atomic E-state index is 0.0577. The van der Waals surface area contributed by atoms with E-state index in [-0.39, 0.29) is 41.8 Å². The number of aryl methyl sites for hydroxylation is 1. The molecule has 204 valence electrons. The highest BCUT2D eigenvalue weighted by Gasteiger charge is 2.77. The Bertz CT molecular complexity index is 1210. The van der Waals surface area contributed by atoms with Gasteiger partial charge in [0.2, 0.25) is 0 Å². The monoisotopic (exact) mass is 523 g/mol. The molecule has 6 heteroatoms. The van der Waals surface area contributed by atoms with Crippen LogP contribution in [0.4, 0.5) is 8.78 Å². The van der Waals surface area contributed by atoms with Crippen molar-refractivity contribution in [1.29, 1.82) is 0 Å². The van der Waals surface area contributed by atoms with Crippen LogP contribution >= 0.6 is 0 Å². The third-order valence-electron chi connectivity index (χ3n) is 11.6. The molecule has 3 saturated carbocycles. The van der Waals surface area contributed by atoms with Gasteiger partial charge in [-0.25, -0.2) is 8.78 Å². The van der Waals surface area contributed by atoms with Crippen LogP contribution in [0.2, 0.25) is 0 Å². The number of Topliss-reactive ketones (excluding diaryl/α,β-unsaturated/α-hetero) is 1. The Labute approximate surface area is 224 Å². The number of carbonyl (C=O) groups is 2. The first kappa shape index (κ1) is 26.1. The van der Waals surface area contributed by atoms with Crippen LogP contribution in [0.15, 0.2) is 54.1 Å². The smallest absolute Gasteiger partial charge is 0.178 e. The van der Waals surface area contributed by atoms with Gasteiger partial charge in [0.15, 0.2) is 11.5 Å². The highest BCUT2D eigenvalue weighted by Crippen LogP contribution is 2.74. The maximum atomic E-state index is 17.4. The summed E-state index contributed by atoms with van der Waals surface area (Å²) in [5.74, 6) is -1.10. The van der Waals surface area contributed by atoms with Gasteiger partial charge in [0, 0.05) is 24.4 Å². The maximum absolute atomic E-state index is 17.4. The Hall–Kier alpha value is -2.18. The van der Waals surface area contributed by atoms with Crippen molar-refractivity contribution in [2.24, 2.45) is 34.0 Å². The van der Waals surface area contributed by atoms with Crippen LogP contribution in [0.25, 0.3) is 0 Å². The fraction of sp³-hybridized carbons (Fsp3) is 0.625. The molecule has 0 aromatic heterocycles. The minimum atomic E-state index is -2.09. The van der Waals surface area contributed by atoms with Gasteiger partial charge in [0.1, 0.15) is 12.0 Å². The van der Waals surface area contributed by atoms with Gasteiger partial charge in [-0.15, -0.1) is 0 Å². The van der Waals surface area contributed by atoms with E-state index in [2.05, 4.69) is 24.0 Å². The predicted octanol–water partition coefficient (Wildman–Crippen LogP) is 5.06. The van der Waals surface area contributed by atoms with Crippen molar-refractivity contribution in [3.8, 4) is 0 Å². The molecule has 9 unspecified atom stereocenters. The topological polar surface area (TPSA) is 57.6 Å². The molecule has 0 bridgehead atoms. The summed E-state index contributed by atoms with van der Waals surface area (Å²) in [4.78, 5) is 28.0. The van der Waals surface area contributed by atoms with Gasteiger partial charge < -0.3 is 10.0 Å². The third-order valence-corrected chi connectivity index (χ3v) is 11.6. The maximum Gasteiger partial charge on any atom is 0.178 e. The summed E-state index contributed by atoms with van der Waals surface area (Å²) < 4.78 is 33.1. The zero-order chi connectivity index (χ0) is 27.1. The number of carbonyl (C=O) groups excluding carboxylic acids is 2. The van der Waals surface area contributed by atoms with E-state index in [0.29, 0.717) is 13.0 Å². The molecule has 1 aliphatic heterocycles. The van der Waals surface area contributed by atoms with Crippen molar-refractivity contribution in [2.75, 3.05) is 19.6 Å². The molecular formula is C32H39F2NO3.